The Bertz CT molecular complexity index is 808. The second-order valence-corrected chi connectivity index (χ2v) is 9.48. The number of halogens is 1. The molecule has 1 aromatic carbocycles. The third kappa shape index (κ3) is 8.32. The summed E-state index contributed by atoms with van der Waals surface area (Å²) in [4.78, 5) is 31.9. The van der Waals surface area contributed by atoms with Crippen LogP contribution in [0.15, 0.2) is 24.3 Å². The van der Waals surface area contributed by atoms with E-state index in [1.807, 2.05) is 0 Å². The minimum Gasteiger partial charge on any atom is -0.448 e. The van der Waals surface area contributed by atoms with Gasteiger partial charge in [0.2, 0.25) is 0 Å². The van der Waals surface area contributed by atoms with E-state index >= 15 is 0 Å². The van der Waals surface area contributed by atoms with Crippen molar-refractivity contribution in [3.05, 3.63) is 29.3 Å². The lowest BCUT2D eigenvalue weighted by molar-refractivity contribution is -0.139. The molecule has 0 radical (unpaired) electrons. The largest absolute Gasteiger partial charge is 0.448 e. The summed E-state index contributed by atoms with van der Waals surface area (Å²) in [6.07, 6.45) is 5.39. The number of hydrogen-bond acceptors (Lipinski definition) is 7. The number of anilines is 1. The highest BCUT2D eigenvalue weighted by Crippen LogP contribution is 2.24. The first-order valence-electron chi connectivity index (χ1n) is 12.7. The Kier molecular flexibility index (Phi) is 11.5. The molecule has 2 fully saturated rings. The van der Waals surface area contributed by atoms with E-state index in [1.165, 1.54) is 6.42 Å². The fourth-order valence-electron chi connectivity index (χ4n) is 4.68. The fourth-order valence-corrected chi connectivity index (χ4v) is 4.87. The molecule has 0 saturated carbocycles. The van der Waals surface area contributed by atoms with Crippen LogP contribution in [0, 0.1) is 11.8 Å². The van der Waals surface area contributed by atoms with Gasteiger partial charge in [-0.2, -0.15) is 5.06 Å². The van der Waals surface area contributed by atoms with Gasteiger partial charge in [-0.1, -0.05) is 17.7 Å². The zero-order valence-corrected chi connectivity index (χ0v) is 21.6. The number of hydroxylamine groups is 1. The Morgan fingerprint density at radius 3 is 2.86 bits per heavy atom. The lowest BCUT2D eigenvalue weighted by atomic mass is 9.90. The number of carbonyl (C=O) groups excluding carboxylic acids is 2. The highest BCUT2D eigenvalue weighted by Gasteiger charge is 2.35. The molecule has 35 heavy (non-hydrogen) atoms. The molecule has 0 aromatic heterocycles. The molecular formula is C25H39ClN4O5. The standard InChI is InChI=1S/C25H39ClN4O5/c1-3-34-25(32)30(22-12-4-11-21(26)16-22)35-18-20-10-5-13-28-23(20)24(31)29(27-2)14-6-8-19-9-7-15-33-17-19/h4,11-12,16,19-20,23,27-28H,3,5-10,13-15,17-18H2,1-2H3/t19-,20+,23-/m0/s1. The van der Waals surface area contributed by atoms with E-state index in [0.717, 1.165) is 56.9 Å². The molecule has 0 aliphatic carbocycles. The van der Waals surface area contributed by atoms with Crippen molar-refractivity contribution in [3.8, 4) is 0 Å². The van der Waals surface area contributed by atoms with E-state index in [1.54, 1.807) is 43.2 Å². The van der Waals surface area contributed by atoms with Crippen molar-refractivity contribution in [2.24, 2.45) is 11.8 Å². The van der Waals surface area contributed by atoms with Gasteiger partial charge in [0.1, 0.15) is 0 Å². The Hall–Kier alpha value is -1.91. The van der Waals surface area contributed by atoms with Crippen LogP contribution in [0.5, 0.6) is 0 Å². The third-order valence-corrected chi connectivity index (χ3v) is 6.77. The van der Waals surface area contributed by atoms with Crippen LogP contribution in [0.3, 0.4) is 0 Å². The number of nitrogens with one attached hydrogen (secondary N) is 2. The Labute approximate surface area is 213 Å². The summed E-state index contributed by atoms with van der Waals surface area (Å²) in [6.45, 7) is 5.22. The second-order valence-electron chi connectivity index (χ2n) is 9.04. The second kappa shape index (κ2) is 14.6. The molecule has 2 aliphatic rings. The summed E-state index contributed by atoms with van der Waals surface area (Å²) < 4.78 is 10.7. The first-order chi connectivity index (χ1) is 17.0. The van der Waals surface area contributed by atoms with Gasteiger partial charge >= 0.3 is 6.09 Å². The van der Waals surface area contributed by atoms with E-state index in [2.05, 4.69) is 10.7 Å². The number of carbonyl (C=O) groups is 2. The molecule has 3 atom stereocenters. The lowest BCUT2D eigenvalue weighted by Crippen LogP contribution is -2.57. The Morgan fingerprint density at radius 1 is 1.29 bits per heavy atom. The van der Waals surface area contributed by atoms with Gasteiger partial charge in [0, 0.05) is 37.7 Å². The van der Waals surface area contributed by atoms with Crippen LogP contribution in [0.1, 0.15) is 45.4 Å². The predicted molar refractivity (Wildman–Crippen MR) is 135 cm³/mol. The average Bonchev–Trinajstić information content (AvgIpc) is 2.87. The van der Waals surface area contributed by atoms with Crippen LogP contribution >= 0.6 is 11.6 Å². The summed E-state index contributed by atoms with van der Waals surface area (Å²) in [6, 6.07) is 6.43. The maximum atomic E-state index is 13.4. The van der Waals surface area contributed by atoms with Crippen LogP contribution in [0.25, 0.3) is 0 Å². The molecule has 0 unspecified atom stereocenters. The van der Waals surface area contributed by atoms with Crippen LogP contribution in [-0.4, -0.2) is 69.6 Å². The summed E-state index contributed by atoms with van der Waals surface area (Å²) in [5.41, 5.74) is 3.54. The predicted octanol–water partition coefficient (Wildman–Crippen LogP) is 3.77. The fraction of sp³-hybridized carbons (Fsp3) is 0.680. The van der Waals surface area contributed by atoms with Crippen molar-refractivity contribution in [1.29, 1.82) is 0 Å². The molecule has 2 saturated heterocycles. The summed E-state index contributed by atoms with van der Waals surface area (Å²) in [7, 11) is 1.78. The minimum absolute atomic E-state index is 0.00821. The van der Waals surface area contributed by atoms with Crippen molar-refractivity contribution in [2.45, 2.75) is 51.5 Å². The van der Waals surface area contributed by atoms with Gasteiger partial charge in [0.25, 0.3) is 5.91 Å². The average molecular weight is 511 g/mol. The number of hydrazine groups is 1. The van der Waals surface area contributed by atoms with E-state index in [-0.39, 0.29) is 25.0 Å². The molecule has 2 amide bonds. The molecule has 9 nitrogen and oxygen atoms in total. The normalized spacial score (nSPS) is 22.4. The van der Waals surface area contributed by atoms with Gasteiger partial charge in [-0.25, -0.2) is 10.2 Å². The lowest BCUT2D eigenvalue weighted by Gasteiger charge is -2.36. The minimum atomic E-state index is -0.620. The van der Waals surface area contributed by atoms with Crippen molar-refractivity contribution in [1.82, 2.24) is 15.8 Å². The summed E-state index contributed by atoms with van der Waals surface area (Å²) in [5, 5.41) is 6.66. The highest BCUT2D eigenvalue weighted by molar-refractivity contribution is 6.30. The van der Waals surface area contributed by atoms with Gasteiger partial charge < -0.3 is 14.8 Å². The first kappa shape index (κ1) is 27.7. The monoisotopic (exact) mass is 510 g/mol. The molecule has 2 aliphatic heterocycles. The number of nitrogens with zero attached hydrogens (tertiary/aromatic N) is 2. The van der Waals surface area contributed by atoms with Crippen LogP contribution in [0.2, 0.25) is 5.02 Å². The molecule has 10 heteroatoms. The third-order valence-electron chi connectivity index (χ3n) is 6.53. The van der Waals surface area contributed by atoms with Gasteiger partial charge in [0.05, 0.1) is 24.9 Å². The van der Waals surface area contributed by atoms with E-state index in [0.29, 0.717) is 23.2 Å². The van der Waals surface area contributed by atoms with Crippen molar-refractivity contribution >= 4 is 29.3 Å². The first-order valence-corrected chi connectivity index (χ1v) is 13.1. The Balaban J connectivity index is 1.60. The smallest absolute Gasteiger partial charge is 0.438 e. The van der Waals surface area contributed by atoms with Gasteiger partial charge in [0.15, 0.2) is 0 Å². The highest BCUT2D eigenvalue weighted by atomic mass is 35.5. The van der Waals surface area contributed by atoms with E-state index in [9.17, 15) is 9.59 Å². The van der Waals surface area contributed by atoms with Crippen LogP contribution < -0.4 is 15.8 Å². The molecule has 3 rings (SSSR count). The Morgan fingerprint density at radius 2 is 2.14 bits per heavy atom. The molecule has 196 valence electrons. The molecule has 1 aromatic rings. The van der Waals surface area contributed by atoms with Gasteiger partial charge in [-0.3, -0.25) is 14.6 Å². The van der Waals surface area contributed by atoms with E-state index in [4.69, 9.17) is 25.9 Å². The molecule has 0 bridgehead atoms. The molecule has 2 N–H and O–H groups in total. The number of benzene rings is 1. The zero-order chi connectivity index (χ0) is 25.0. The maximum absolute atomic E-state index is 13.4. The maximum Gasteiger partial charge on any atom is 0.438 e. The summed E-state index contributed by atoms with van der Waals surface area (Å²) >= 11 is 6.12. The molecular weight excluding hydrogens is 472 g/mol. The van der Waals surface area contributed by atoms with Crippen molar-refractivity contribution < 1.29 is 23.9 Å². The SMILES string of the molecule is CCOC(=O)N(OC[C@H]1CCCN[C@@H]1C(=O)N(CCC[C@H]1CCCOC1)NC)c1cccc(Cl)c1. The number of rotatable bonds is 11. The quantitative estimate of drug-likeness (QED) is 0.438. The van der Waals surface area contributed by atoms with Crippen LogP contribution in [0.4, 0.5) is 10.5 Å². The number of piperidine rings is 1. The molecule has 0 spiro atoms. The van der Waals surface area contributed by atoms with Gasteiger partial charge in [-0.05, 0) is 76.1 Å². The van der Waals surface area contributed by atoms with Crippen LogP contribution in [-0.2, 0) is 19.1 Å². The number of ether oxygens (including phenoxy) is 2. The zero-order valence-electron chi connectivity index (χ0n) is 20.8. The van der Waals surface area contributed by atoms with Gasteiger partial charge in [-0.15, -0.1) is 0 Å². The molecule has 2 heterocycles. The van der Waals surface area contributed by atoms with Crippen molar-refractivity contribution in [2.75, 3.05) is 51.6 Å². The topological polar surface area (TPSA) is 92.4 Å². The summed E-state index contributed by atoms with van der Waals surface area (Å²) in [5.74, 6) is 0.466. The van der Waals surface area contributed by atoms with Crippen molar-refractivity contribution in [3.63, 3.8) is 0 Å². The van der Waals surface area contributed by atoms with E-state index < -0.39 is 12.1 Å². The number of hydrogen-bond donors (Lipinski definition) is 2. The number of amides is 2.